The summed E-state index contributed by atoms with van der Waals surface area (Å²) in [5, 5.41) is 12.3. The van der Waals surface area contributed by atoms with Gasteiger partial charge in [-0.25, -0.2) is 4.98 Å². The number of aromatic hydroxyl groups is 1. The van der Waals surface area contributed by atoms with Crippen molar-refractivity contribution in [1.82, 2.24) is 14.5 Å². The fourth-order valence-corrected chi connectivity index (χ4v) is 3.55. The molecule has 3 aromatic rings. The van der Waals surface area contributed by atoms with Gasteiger partial charge in [-0.2, -0.15) is 0 Å². The molecule has 4 rings (SSSR count). The number of carbonyl (C=O) groups is 2. The quantitative estimate of drug-likeness (QED) is 0.713. The van der Waals surface area contributed by atoms with Gasteiger partial charge >= 0.3 is 0 Å². The number of nitrogens with zero attached hydrogens (tertiary/aromatic N) is 3. The predicted molar refractivity (Wildman–Crippen MR) is 106 cm³/mol. The summed E-state index contributed by atoms with van der Waals surface area (Å²) in [6, 6.07) is 12.6. The van der Waals surface area contributed by atoms with Gasteiger partial charge in [-0.3, -0.25) is 9.59 Å². The Morgan fingerprint density at radius 1 is 1.25 bits per heavy atom. The van der Waals surface area contributed by atoms with Gasteiger partial charge in [0, 0.05) is 32.2 Å². The minimum atomic E-state index is -0.355. The summed E-state index contributed by atoms with van der Waals surface area (Å²) in [6.07, 6.45) is 2.65. The highest BCUT2D eigenvalue weighted by Gasteiger charge is 2.34. The van der Waals surface area contributed by atoms with Gasteiger partial charge in [0.05, 0.1) is 23.3 Å². The maximum atomic E-state index is 12.6. The Bertz CT molecular complexity index is 1030. The lowest BCUT2D eigenvalue weighted by Gasteiger charge is -2.16. The molecule has 1 saturated heterocycles. The van der Waals surface area contributed by atoms with Crippen LogP contribution in [0.25, 0.3) is 11.0 Å². The lowest BCUT2D eigenvalue weighted by molar-refractivity contribution is -0.128. The van der Waals surface area contributed by atoms with Gasteiger partial charge in [0.25, 0.3) is 0 Å². The van der Waals surface area contributed by atoms with Crippen molar-refractivity contribution in [2.45, 2.75) is 12.8 Å². The van der Waals surface area contributed by atoms with Crippen LogP contribution in [0.2, 0.25) is 0 Å². The summed E-state index contributed by atoms with van der Waals surface area (Å²) < 4.78 is 1.92. The molecule has 1 aliphatic heterocycles. The van der Waals surface area contributed by atoms with Gasteiger partial charge in [-0.1, -0.05) is 12.1 Å². The van der Waals surface area contributed by atoms with E-state index in [-0.39, 0.29) is 29.9 Å². The lowest BCUT2D eigenvalue weighted by atomic mass is 10.1. The summed E-state index contributed by atoms with van der Waals surface area (Å²) in [5.74, 6) is -0.275. The van der Waals surface area contributed by atoms with Crippen LogP contribution in [0.1, 0.15) is 12.0 Å². The first-order chi connectivity index (χ1) is 13.5. The van der Waals surface area contributed by atoms with Crippen molar-refractivity contribution < 1.29 is 14.7 Å². The number of hydrogen-bond acceptors (Lipinski definition) is 4. The van der Waals surface area contributed by atoms with Crippen LogP contribution in [-0.4, -0.2) is 44.5 Å². The number of likely N-dealkylation sites (tertiary alicyclic amines) is 1. The summed E-state index contributed by atoms with van der Waals surface area (Å²) in [7, 11) is 1.92. The van der Waals surface area contributed by atoms with Crippen molar-refractivity contribution in [2.24, 2.45) is 13.0 Å². The van der Waals surface area contributed by atoms with E-state index in [1.165, 1.54) is 0 Å². The Hall–Kier alpha value is -3.35. The summed E-state index contributed by atoms with van der Waals surface area (Å²) in [5.41, 5.74) is 3.54. The number of hydrogen-bond donors (Lipinski definition) is 2. The Kier molecular flexibility index (Phi) is 4.73. The standard InChI is InChI=1S/C21H22N4O3/c1-24-13-22-18-11-16(4-7-19(18)24)23-21(28)15-10-20(27)25(12-15)9-8-14-2-5-17(26)6-3-14/h2-7,11,13,15,26H,8-10,12H2,1H3,(H,23,28)/t15-/m1/s1. The topological polar surface area (TPSA) is 87.5 Å². The molecule has 1 aromatic heterocycles. The Morgan fingerprint density at radius 2 is 2.04 bits per heavy atom. The number of anilines is 1. The number of fused-ring (bicyclic) bond motifs is 1. The van der Waals surface area contributed by atoms with E-state index in [0.29, 0.717) is 25.2 Å². The van der Waals surface area contributed by atoms with Gasteiger partial charge in [0.1, 0.15) is 5.75 Å². The third-order valence-corrected chi connectivity index (χ3v) is 5.18. The number of benzene rings is 2. The van der Waals surface area contributed by atoms with Crippen LogP contribution in [0.3, 0.4) is 0 Å². The molecule has 2 N–H and O–H groups in total. The minimum Gasteiger partial charge on any atom is -0.508 e. The van der Waals surface area contributed by atoms with Crippen molar-refractivity contribution in [1.29, 1.82) is 0 Å². The van der Waals surface area contributed by atoms with Crippen LogP contribution in [0.5, 0.6) is 5.75 Å². The van der Waals surface area contributed by atoms with E-state index in [9.17, 15) is 14.7 Å². The Balaban J connectivity index is 1.35. The largest absolute Gasteiger partial charge is 0.508 e. The molecular formula is C21H22N4O3. The maximum absolute atomic E-state index is 12.6. The molecule has 1 atom stereocenters. The Morgan fingerprint density at radius 3 is 2.82 bits per heavy atom. The third-order valence-electron chi connectivity index (χ3n) is 5.18. The summed E-state index contributed by atoms with van der Waals surface area (Å²) >= 11 is 0. The van der Waals surface area contributed by atoms with Crippen molar-refractivity contribution in [3.63, 3.8) is 0 Å². The maximum Gasteiger partial charge on any atom is 0.229 e. The van der Waals surface area contributed by atoms with Gasteiger partial charge in [-0.15, -0.1) is 0 Å². The number of carbonyl (C=O) groups excluding carboxylic acids is 2. The third kappa shape index (κ3) is 3.69. The van der Waals surface area contributed by atoms with Crippen molar-refractivity contribution in [3.8, 4) is 5.75 Å². The molecule has 0 aliphatic carbocycles. The van der Waals surface area contributed by atoms with Gasteiger partial charge in [0.2, 0.25) is 11.8 Å². The second-order valence-electron chi connectivity index (χ2n) is 7.21. The first-order valence-electron chi connectivity index (χ1n) is 9.27. The first-order valence-corrected chi connectivity index (χ1v) is 9.27. The van der Waals surface area contributed by atoms with Crippen LogP contribution < -0.4 is 5.32 Å². The Labute approximate surface area is 162 Å². The molecular weight excluding hydrogens is 356 g/mol. The van der Waals surface area contributed by atoms with Crippen LogP contribution in [-0.2, 0) is 23.1 Å². The number of aromatic nitrogens is 2. The van der Waals surface area contributed by atoms with Gasteiger partial charge < -0.3 is 19.9 Å². The smallest absolute Gasteiger partial charge is 0.229 e. The molecule has 2 heterocycles. The van der Waals surface area contributed by atoms with E-state index in [0.717, 1.165) is 16.6 Å². The fraction of sp³-hybridized carbons (Fsp3) is 0.286. The molecule has 2 amide bonds. The highest BCUT2D eigenvalue weighted by molar-refractivity contribution is 5.98. The second-order valence-corrected chi connectivity index (χ2v) is 7.21. The fourth-order valence-electron chi connectivity index (χ4n) is 3.55. The molecule has 28 heavy (non-hydrogen) atoms. The SMILES string of the molecule is Cn1cnc2cc(NC(=O)[C@@H]3CC(=O)N(CCc4ccc(O)cc4)C3)ccc21. The number of amides is 2. The molecule has 2 aromatic carbocycles. The van der Waals surface area contributed by atoms with Crippen LogP contribution >= 0.6 is 0 Å². The summed E-state index contributed by atoms with van der Waals surface area (Å²) in [6.45, 7) is 0.988. The average molecular weight is 378 g/mol. The van der Waals surface area contributed by atoms with E-state index >= 15 is 0 Å². The molecule has 0 unspecified atom stereocenters. The molecule has 1 aliphatic rings. The first kappa shape index (κ1) is 18.0. The molecule has 0 bridgehead atoms. The number of phenols is 1. The number of nitrogens with one attached hydrogen (secondary N) is 1. The highest BCUT2D eigenvalue weighted by atomic mass is 16.3. The zero-order valence-electron chi connectivity index (χ0n) is 15.6. The molecule has 7 heteroatoms. The molecule has 0 spiro atoms. The van der Waals surface area contributed by atoms with E-state index in [4.69, 9.17) is 0 Å². The molecule has 144 valence electrons. The lowest BCUT2D eigenvalue weighted by Crippen LogP contribution is -2.30. The van der Waals surface area contributed by atoms with Gasteiger partial charge in [0.15, 0.2) is 0 Å². The van der Waals surface area contributed by atoms with E-state index in [2.05, 4.69) is 10.3 Å². The normalized spacial score (nSPS) is 16.7. The van der Waals surface area contributed by atoms with Crippen molar-refractivity contribution >= 4 is 28.5 Å². The van der Waals surface area contributed by atoms with Crippen LogP contribution in [0.4, 0.5) is 5.69 Å². The zero-order chi connectivity index (χ0) is 19.7. The second kappa shape index (κ2) is 7.34. The predicted octanol–water partition coefficient (Wildman–Crippen LogP) is 2.31. The van der Waals surface area contributed by atoms with Crippen LogP contribution in [0, 0.1) is 5.92 Å². The van der Waals surface area contributed by atoms with Crippen LogP contribution in [0.15, 0.2) is 48.8 Å². The van der Waals surface area contributed by atoms with E-state index < -0.39 is 0 Å². The number of imidazole rings is 1. The number of rotatable bonds is 5. The zero-order valence-corrected chi connectivity index (χ0v) is 15.6. The van der Waals surface area contributed by atoms with E-state index in [1.54, 1.807) is 23.4 Å². The van der Waals surface area contributed by atoms with E-state index in [1.807, 2.05) is 41.9 Å². The molecule has 0 saturated carbocycles. The molecule has 7 nitrogen and oxygen atoms in total. The average Bonchev–Trinajstić information content (AvgIpc) is 3.24. The molecule has 1 fully saturated rings. The summed E-state index contributed by atoms with van der Waals surface area (Å²) in [4.78, 5) is 30.9. The monoisotopic (exact) mass is 378 g/mol. The number of aryl methyl sites for hydroxylation is 1. The minimum absolute atomic E-state index is 0.000827. The highest BCUT2D eigenvalue weighted by Crippen LogP contribution is 2.22. The van der Waals surface area contributed by atoms with Gasteiger partial charge in [-0.05, 0) is 42.3 Å². The molecule has 0 radical (unpaired) electrons. The number of phenolic OH excluding ortho intramolecular Hbond substituents is 1. The van der Waals surface area contributed by atoms with Crippen molar-refractivity contribution in [3.05, 3.63) is 54.4 Å². The van der Waals surface area contributed by atoms with Crippen molar-refractivity contribution in [2.75, 3.05) is 18.4 Å².